The smallest absolute Gasteiger partial charge is 0.185 e. The lowest BCUT2D eigenvalue weighted by atomic mass is 10.1. The molecule has 3 heterocycles. The summed E-state index contributed by atoms with van der Waals surface area (Å²) >= 11 is 3.55. The van der Waals surface area contributed by atoms with Crippen LogP contribution in [0.1, 0.15) is 5.56 Å². The summed E-state index contributed by atoms with van der Waals surface area (Å²) in [5.74, 6) is 0.567. The van der Waals surface area contributed by atoms with E-state index >= 15 is 0 Å². The largest absolute Gasteiger partial charge is 0.340 e. The third-order valence-corrected chi connectivity index (χ3v) is 4.99. The van der Waals surface area contributed by atoms with E-state index in [4.69, 9.17) is 0 Å². The second-order valence-corrected chi connectivity index (χ2v) is 6.96. The van der Waals surface area contributed by atoms with Gasteiger partial charge in [0.05, 0.1) is 11.4 Å². The lowest BCUT2D eigenvalue weighted by molar-refractivity contribution is 0.628. The van der Waals surface area contributed by atoms with Crippen LogP contribution >= 0.6 is 15.9 Å². The Morgan fingerprint density at radius 1 is 1.00 bits per heavy atom. The zero-order valence-electron chi connectivity index (χ0n) is 13.0. The number of nitrogens with zero attached hydrogens (tertiary/aromatic N) is 4. The van der Waals surface area contributed by atoms with Crippen molar-refractivity contribution in [3.05, 3.63) is 76.9 Å². The molecule has 4 nitrogen and oxygen atoms in total. The summed E-state index contributed by atoms with van der Waals surface area (Å²) in [5, 5.41) is 8.42. The number of benzene rings is 2. The molecule has 0 spiro atoms. The Labute approximate surface area is 151 Å². The maximum Gasteiger partial charge on any atom is 0.185 e. The second kappa shape index (κ2) is 5.39. The highest BCUT2D eigenvalue weighted by Gasteiger charge is 2.21. The number of fused-ring (bicyclic) bond motifs is 5. The van der Waals surface area contributed by atoms with E-state index in [1.807, 2.05) is 10.6 Å². The van der Waals surface area contributed by atoms with Gasteiger partial charge in [-0.25, -0.2) is 4.39 Å². The van der Waals surface area contributed by atoms with Crippen molar-refractivity contribution in [1.29, 1.82) is 0 Å². The minimum Gasteiger partial charge on any atom is -0.340 e. The topological polar surface area (TPSA) is 35.6 Å². The number of hydrogen-bond donors (Lipinski definition) is 0. The van der Waals surface area contributed by atoms with Crippen molar-refractivity contribution >= 4 is 15.9 Å². The molecule has 2 aromatic carbocycles. The van der Waals surface area contributed by atoms with Gasteiger partial charge in [-0.2, -0.15) is 0 Å². The Kier molecular flexibility index (Phi) is 3.15. The van der Waals surface area contributed by atoms with Crippen molar-refractivity contribution in [3.63, 3.8) is 0 Å². The zero-order chi connectivity index (χ0) is 17.0. The highest BCUT2D eigenvalue weighted by Crippen LogP contribution is 2.34. The first-order chi connectivity index (χ1) is 12.2. The molecule has 0 saturated heterocycles. The Morgan fingerprint density at radius 3 is 2.68 bits per heavy atom. The van der Waals surface area contributed by atoms with Crippen LogP contribution < -0.4 is 0 Å². The van der Waals surface area contributed by atoms with Crippen LogP contribution in [-0.2, 0) is 6.54 Å². The van der Waals surface area contributed by atoms with Crippen molar-refractivity contribution in [2.75, 3.05) is 0 Å². The van der Waals surface area contributed by atoms with Gasteiger partial charge in [0, 0.05) is 22.8 Å². The Bertz CT molecular complexity index is 1100. The summed E-state index contributed by atoms with van der Waals surface area (Å²) in [6.07, 6.45) is 3.82. The number of halogens is 2. The summed E-state index contributed by atoms with van der Waals surface area (Å²) in [4.78, 5) is 0. The van der Waals surface area contributed by atoms with E-state index in [1.165, 1.54) is 17.7 Å². The van der Waals surface area contributed by atoms with Crippen LogP contribution in [0.25, 0.3) is 28.3 Å². The van der Waals surface area contributed by atoms with Crippen LogP contribution in [0.15, 0.2) is 65.5 Å². The van der Waals surface area contributed by atoms with Gasteiger partial charge in [-0.05, 0) is 47.5 Å². The average molecular weight is 395 g/mol. The lowest BCUT2D eigenvalue weighted by Crippen LogP contribution is -1.99. The van der Waals surface area contributed by atoms with Gasteiger partial charge in [0.15, 0.2) is 5.82 Å². The average Bonchev–Trinajstić information content (AvgIpc) is 3.21. The summed E-state index contributed by atoms with van der Waals surface area (Å²) < 4.78 is 18.4. The van der Waals surface area contributed by atoms with Crippen molar-refractivity contribution in [1.82, 2.24) is 19.3 Å². The number of rotatable bonds is 1. The van der Waals surface area contributed by atoms with Crippen molar-refractivity contribution in [2.24, 2.45) is 0 Å². The summed E-state index contributed by atoms with van der Waals surface area (Å²) in [6.45, 7) is 0.731. The Hall–Kier alpha value is -2.73. The molecule has 5 rings (SSSR count). The molecule has 122 valence electrons. The third kappa shape index (κ3) is 2.33. The maximum atomic E-state index is 13.2. The number of hydrogen-bond acceptors (Lipinski definition) is 2. The molecule has 0 bridgehead atoms. The predicted molar refractivity (Wildman–Crippen MR) is 97.0 cm³/mol. The molecule has 0 saturated carbocycles. The van der Waals surface area contributed by atoms with Crippen LogP contribution in [-0.4, -0.2) is 19.3 Å². The van der Waals surface area contributed by atoms with Crippen molar-refractivity contribution < 1.29 is 4.39 Å². The third-order valence-electron chi connectivity index (χ3n) is 4.49. The molecular weight excluding hydrogens is 383 g/mol. The first-order valence-corrected chi connectivity index (χ1v) is 8.64. The molecule has 4 aromatic rings. The molecule has 0 N–H and O–H groups in total. The van der Waals surface area contributed by atoms with Gasteiger partial charge in [-0.3, -0.25) is 4.57 Å². The van der Waals surface area contributed by atoms with E-state index in [0.29, 0.717) is 0 Å². The highest BCUT2D eigenvalue weighted by atomic mass is 79.9. The van der Waals surface area contributed by atoms with Crippen LogP contribution in [0, 0.1) is 5.82 Å². The molecule has 6 heteroatoms. The van der Waals surface area contributed by atoms with Crippen LogP contribution in [0.5, 0.6) is 0 Å². The van der Waals surface area contributed by atoms with E-state index in [9.17, 15) is 4.39 Å². The van der Waals surface area contributed by atoms with Gasteiger partial charge in [0.1, 0.15) is 12.1 Å². The monoisotopic (exact) mass is 394 g/mol. The van der Waals surface area contributed by atoms with Crippen molar-refractivity contribution in [2.45, 2.75) is 6.54 Å². The first kappa shape index (κ1) is 14.6. The minimum atomic E-state index is -0.233. The van der Waals surface area contributed by atoms with E-state index in [2.05, 4.69) is 55.1 Å². The fourth-order valence-corrected chi connectivity index (χ4v) is 3.72. The SMILES string of the molecule is Fc1ccc(-c2cc3n(c2)Cc2cc(Br)ccc2-n2cnnc2-3)cc1. The van der Waals surface area contributed by atoms with Gasteiger partial charge in [-0.15, -0.1) is 10.2 Å². The van der Waals surface area contributed by atoms with E-state index < -0.39 is 0 Å². The van der Waals surface area contributed by atoms with Crippen molar-refractivity contribution in [3.8, 4) is 28.3 Å². The van der Waals surface area contributed by atoms with Gasteiger partial charge in [-0.1, -0.05) is 28.1 Å². The van der Waals surface area contributed by atoms with Crippen LogP contribution in [0.2, 0.25) is 0 Å². The second-order valence-electron chi connectivity index (χ2n) is 6.05. The molecule has 0 amide bonds. The standard InChI is InChI=1S/C19H12BrFN4/c20-15-3-6-17-14(7-15)10-24-9-13(12-1-4-16(21)5-2-12)8-18(24)19-23-22-11-25(17)19/h1-9,11H,10H2. The Morgan fingerprint density at radius 2 is 1.84 bits per heavy atom. The molecule has 0 atom stereocenters. The van der Waals surface area contributed by atoms with Gasteiger partial charge in [0.2, 0.25) is 0 Å². The summed E-state index contributed by atoms with van der Waals surface area (Å²) in [7, 11) is 0. The van der Waals surface area contributed by atoms with Gasteiger partial charge < -0.3 is 4.57 Å². The highest BCUT2D eigenvalue weighted by molar-refractivity contribution is 9.10. The normalized spacial score (nSPS) is 12.2. The minimum absolute atomic E-state index is 0.233. The zero-order valence-corrected chi connectivity index (χ0v) is 14.6. The molecule has 2 aromatic heterocycles. The van der Waals surface area contributed by atoms with Crippen LogP contribution in [0.4, 0.5) is 4.39 Å². The molecule has 1 aliphatic heterocycles. The van der Waals surface area contributed by atoms with Crippen LogP contribution in [0.3, 0.4) is 0 Å². The predicted octanol–water partition coefficient (Wildman–Crippen LogP) is 4.67. The molecule has 25 heavy (non-hydrogen) atoms. The lowest BCUT2D eigenvalue weighted by Gasteiger charge is -2.09. The van der Waals surface area contributed by atoms with E-state index in [-0.39, 0.29) is 5.82 Å². The van der Waals surface area contributed by atoms with E-state index in [0.717, 1.165) is 39.4 Å². The summed E-state index contributed by atoms with van der Waals surface area (Å²) in [6, 6.07) is 14.8. The Balaban J connectivity index is 1.71. The summed E-state index contributed by atoms with van der Waals surface area (Å²) in [5.41, 5.74) is 5.25. The fourth-order valence-electron chi connectivity index (χ4n) is 3.31. The maximum absolute atomic E-state index is 13.2. The van der Waals surface area contributed by atoms with E-state index in [1.54, 1.807) is 18.5 Å². The molecule has 0 unspecified atom stereocenters. The molecule has 0 fully saturated rings. The van der Waals surface area contributed by atoms with Gasteiger partial charge in [0.25, 0.3) is 0 Å². The quantitative estimate of drug-likeness (QED) is 0.414. The molecule has 0 aliphatic carbocycles. The molecular formula is C19H12BrFN4. The first-order valence-electron chi connectivity index (χ1n) is 7.84. The van der Waals surface area contributed by atoms with Gasteiger partial charge >= 0.3 is 0 Å². The fraction of sp³-hybridized carbons (Fsp3) is 0.0526. The number of aromatic nitrogens is 4. The molecule has 0 radical (unpaired) electrons. The molecule has 1 aliphatic rings.